The van der Waals surface area contributed by atoms with Gasteiger partial charge in [0.05, 0.1) is 16.2 Å². The number of amides is 1. The molecule has 3 N–H and O–H groups in total. The van der Waals surface area contributed by atoms with E-state index in [0.29, 0.717) is 6.42 Å². The molecule has 0 aliphatic rings. The van der Waals surface area contributed by atoms with Crippen LogP contribution in [0.1, 0.15) is 26.2 Å². The number of hydrogen-bond acceptors (Lipinski definition) is 2. The van der Waals surface area contributed by atoms with E-state index in [1.54, 1.807) is 0 Å². The third-order valence-electron chi connectivity index (χ3n) is 2.47. The molecule has 100 valence electrons. The molecule has 0 aliphatic carbocycles. The SMILES string of the molecule is CCCC[C@H](N)C(=O)Nc1cc(F)c(Br)cc1F. The molecular weight excluding hydrogens is 306 g/mol. The van der Waals surface area contributed by atoms with Crippen LogP contribution in [0, 0.1) is 11.6 Å². The Hall–Kier alpha value is -1.01. The van der Waals surface area contributed by atoms with Crippen molar-refractivity contribution in [1.29, 1.82) is 0 Å². The van der Waals surface area contributed by atoms with Crippen molar-refractivity contribution in [3.63, 3.8) is 0 Å². The maximum atomic E-state index is 13.5. The van der Waals surface area contributed by atoms with Gasteiger partial charge in [-0.25, -0.2) is 8.78 Å². The summed E-state index contributed by atoms with van der Waals surface area (Å²) in [5.74, 6) is -1.86. The summed E-state index contributed by atoms with van der Waals surface area (Å²) >= 11 is 2.86. The fourth-order valence-corrected chi connectivity index (χ4v) is 1.71. The van der Waals surface area contributed by atoms with E-state index in [-0.39, 0.29) is 10.2 Å². The molecule has 0 aromatic heterocycles. The molecule has 0 heterocycles. The molecule has 0 aliphatic heterocycles. The molecule has 18 heavy (non-hydrogen) atoms. The van der Waals surface area contributed by atoms with E-state index in [4.69, 9.17) is 5.73 Å². The first-order chi connectivity index (χ1) is 8.45. The molecule has 1 amide bonds. The van der Waals surface area contributed by atoms with Gasteiger partial charge in [-0.1, -0.05) is 19.8 Å². The van der Waals surface area contributed by atoms with Crippen molar-refractivity contribution >= 4 is 27.5 Å². The summed E-state index contributed by atoms with van der Waals surface area (Å²) in [4.78, 5) is 11.6. The van der Waals surface area contributed by atoms with E-state index in [1.807, 2.05) is 6.92 Å². The quantitative estimate of drug-likeness (QED) is 0.819. The van der Waals surface area contributed by atoms with Crippen molar-refractivity contribution in [3.8, 4) is 0 Å². The summed E-state index contributed by atoms with van der Waals surface area (Å²) in [6.45, 7) is 1.98. The van der Waals surface area contributed by atoms with Crippen LogP contribution in [0.2, 0.25) is 0 Å². The van der Waals surface area contributed by atoms with Crippen molar-refractivity contribution in [3.05, 3.63) is 28.2 Å². The lowest BCUT2D eigenvalue weighted by atomic mass is 10.1. The molecule has 0 fully saturated rings. The summed E-state index contributed by atoms with van der Waals surface area (Å²) in [7, 11) is 0. The second-order valence-electron chi connectivity index (χ2n) is 3.98. The summed E-state index contributed by atoms with van der Waals surface area (Å²) in [6, 6.07) is 1.17. The summed E-state index contributed by atoms with van der Waals surface area (Å²) in [5.41, 5.74) is 5.43. The topological polar surface area (TPSA) is 55.1 Å². The van der Waals surface area contributed by atoms with Gasteiger partial charge < -0.3 is 11.1 Å². The van der Waals surface area contributed by atoms with Gasteiger partial charge in [-0.2, -0.15) is 0 Å². The summed E-state index contributed by atoms with van der Waals surface area (Å²) < 4.78 is 26.7. The Balaban J connectivity index is 2.72. The Bertz CT molecular complexity index is 440. The van der Waals surface area contributed by atoms with E-state index in [9.17, 15) is 13.6 Å². The number of hydrogen-bond donors (Lipinski definition) is 2. The van der Waals surface area contributed by atoms with Gasteiger partial charge in [0.2, 0.25) is 5.91 Å². The highest BCUT2D eigenvalue weighted by atomic mass is 79.9. The number of nitrogens with one attached hydrogen (secondary N) is 1. The van der Waals surface area contributed by atoms with Gasteiger partial charge >= 0.3 is 0 Å². The number of rotatable bonds is 5. The minimum atomic E-state index is -0.712. The maximum absolute atomic E-state index is 13.5. The predicted octanol–water partition coefficient (Wildman–Crippen LogP) is 3.18. The van der Waals surface area contributed by atoms with E-state index < -0.39 is 23.6 Å². The number of anilines is 1. The Morgan fingerprint density at radius 1 is 1.44 bits per heavy atom. The molecule has 1 aromatic carbocycles. The largest absolute Gasteiger partial charge is 0.322 e. The van der Waals surface area contributed by atoms with E-state index >= 15 is 0 Å². The monoisotopic (exact) mass is 320 g/mol. The number of nitrogens with two attached hydrogens (primary N) is 1. The molecule has 0 saturated carbocycles. The van der Waals surface area contributed by atoms with Crippen LogP contribution >= 0.6 is 15.9 Å². The number of benzene rings is 1. The Morgan fingerprint density at radius 2 is 2.11 bits per heavy atom. The second kappa shape index (κ2) is 6.80. The fraction of sp³-hybridized carbons (Fsp3) is 0.417. The smallest absolute Gasteiger partial charge is 0.241 e. The third-order valence-corrected chi connectivity index (χ3v) is 3.08. The van der Waals surface area contributed by atoms with Crippen LogP contribution in [-0.4, -0.2) is 11.9 Å². The molecule has 0 radical (unpaired) electrons. The Labute approximate surface area is 113 Å². The first kappa shape index (κ1) is 15.0. The van der Waals surface area contributed by atoms with Gasteiger partial charge in [-0.3, -0.25) is 4.79 Å². The molecule has 3 nitrogen and oxygen atoms in total. The highest BCUT2D eigenvalue weighted by molar-refractivity contribution is 9.10. The fourth-order valence-electron chi connectivity index (χ4n) is 1.40. The molecule has 0 bridgehead atoms. The standard InChI is InChI=1S/C12H15BrF2N2O/c1-2-3-4-10(16)12(18)17-11-6-8(14)7(13)5-9(11)15/h5-6,10H,2-4,16H2,1H3,(H,17,18)/t10-/m0/s1. The molecule has 1 rings (SSSR count). The average Bonchev–Trinajstić information content (AvgIpc) is 2.32. The Morgan fingerprint density at radius 3 is 2.72 bits per heavy atom. The number of carbonyl (C=O) groups excluding carboxylic acids is 1. The lowest BCUT2D eigenvalue weighted by Gasteiger charge is -2.12. The van der Waals surface area contributed by atoms with Crippen molar-refractivity contribution in [2.75, 3.05) is 5.32 Å². The van der Waals surface area contributed by atoms with E-state index in [0.717, 1.165) is 25.0 Å². The van der Waals surface area contributed by atoms with Gasteiger partial charge in [0.25, 0.3) is 0 Å². The second-order valence-corrected chi connectivity index (χ2v) is 4.84. The molecule has 0 saturated heterocycles. The molecule has 1 atom stereocenters. The van der Waals surface area contributed by atoms with Gasteiger partial charge in [-0.15, -0.1) is 0 Å². The maximum Gasteiger partial charge on any atom is 0.241 e. The normalized spacial score (nSPS) is 12.3. The zero-order valence-electron chi connectivity index (χ0n) is 9.97. The zero-order chi connectivity index (χ0) is 13.7. The third kappa shape index (κ3) is 4.03. The van der Waals surface area contributed by atoms with E-state index in [1.165, 1.54) is 0 Å². The van der Waals surface area contributed by atoms with Crippen LogP contribution < -0.4 is 11.1 Å². The lowest BCUT2D eigenvalue weighted by molar-refractivity contribution is -0.117. The predicted molar refractivity (Wildman–Crippen MR) is 70.2 cm³/mol. The van der Waals surface area contributed by atoms with Crippen molar-refractivity contribution in [1.82, 2.24) is 0 Å². The summed E-state index contributed by atoms with van der Waals surface area (Å²) in [6.07, 6.45) is 2.25. The van der Waals surface area contributed by atoms with E-state index in [2.05, 4.69) is 21.2 Å². The van der Waals surface area contributed by atoms with Crippen LogP contribution in [0.25, 0.3) is 0 Å². The number of unbranched alkanes of at least 4 members (excludes halogenated alkanes) is 1. The minimum Gasteiger partial charge on any atom is -0.322 e. The van der Waals surface area contributed by atoms with Crippen LogP contribution in [0.4, 0.5) is 14.5 Å². The molecule has 0 unspecified atom stereocenters. The molecular formula is C12H15BrF2N2O. The average molecular weight is 321 g/mol. The first-order valence-electron chi connectivity index (χ1n) is 5.66. The van der Waals surface area contributed by atoms with Crippen LogP contribution in [0.15, 0.2) is 16.6 Å². The van der Waals surface area contributed by atoms with Crippen LogP contribution in [0.5, 0.6) is 0 Å². The van der Waals surface area contributed by atoms with Gasteiger partial charge in [0.15, 0.2) is 0 Å². The zero-order valence-corrected chi connectivity index (χ0v) is 11.6. The number of carbonyl (C=O) groups is 1. The number of halogens is 3. The highest BCUT2D eigenvalue weighted by Gasteiger charge is 2.16. The van der Waals surface area contributed by atoms with Crippen LogP contribution in [-0.2, 0) is 4.79 Å². The van der Waals surface area contributed by atoms with Crippen molar-refractivity contribution < 1.29 is 13.6 Å². The lowest BCUT2D eigenvalue weighted by Crippen LogP contribution is -2.35. The van der Waals surface area contributed by atoms with Crippen molar-refractivity contribution in [2.24, 2.45) is 5.73 Å². The minimum absolute atomic E-state index is 0.00767. The van der Waals surface area contributed by atoms with Gasteiger partial charge in [0.1, 0.15) is 11.6 Å². The van der Waals surface area contributed by atoms with Gasteiger partial charge in [-0.05, 0) is 28.4 Å². The molecule has 0 spiro atoms. The molecule has 1 aromatic rings. The van der Waals surface area contributed by atoms with Crippen molar-refractivity contribution in [2.45, 2.75) is 32.2 Å². The highest BCUT2D eigenvalue weighted by Crippen LogP contribution is 2.23. The first-order valence-corrected chi connectivity index (χ1v) is 6.46. The Kier molecular flexibility index (Phi) is 5.68. The molecule has 6 heteroatoms. The van der Waals surface area contributed by atoms with Gasteiger partial charge in [0, 0.05) is 6.07 Å². The van der Waals surface area contributed by atoms with Crippen LogP contribution in [0.3, 0.4) is 0 Å². The summed E-state index contributed by atoms with van der Waals surface area (Å²) in [5, 5.41) is 2.29.